The molecule has 0 radical (unpaired) electrons. The average Bonchev–Trinajstić information content (AvgIpc) is 2.36. The lowest BCUT2D eigenvalue weighted by molar-refractivity contribution is -0.274. The molecular weight excluding hydrogens is 299 g/mol. The van der Waals surface area contributed by atoms with Gasteiger partial charge in [0.05, 0.1) is 0 Å². The molecule has 0 aliphatic heterocycles. The SMILES string of the molecule is CN(Cc1ccc(C(N)=O)cc1)C(=O)C(F)(F)C(F)(F)F. The zero-order valence-corrected chi connectivity index (χ0v) is 10.7. The number of nitrogens with two attached hydrogens (primary N) is 1. The summed E-state index contributed by atoms with van der Waals surface area (Å²) in [4.78, 5) is 22.2. The molecule has 4 nitrogen and oxygen atoms in total. The van der Waals surface area contributed by atoms with Gasteiger partial charge in [0, 0.05) is 19.2 Å². The van der Waals surface area contributed by atoms with Crippen LogP contribution < -0.4 is 5.73 Å². The van der Waals surface area contributed by atoms with E-state index in [4.69, 9.17) is 5.73 Å². The van der Waals surface area contributed by atoms with Gasteiger partial charge >= 0.3 is 18.0 Å². The third-order valence-electron chi connectivity index (χ3n) is 2.63. The Morgan fingerprint density at radius 1 is 1.10 bits per heavy atom. The van der Waals surface area contributed by atoms with Crippen LogP contribution in [0.15, 0.2) is 24.3 Å². The van der Waals surface area contributed by atoms with Gasteiger partial charge in [-0.05, 0) is 17.7 Å². The highest BCUT2D eigenvalue weighted by molar-refractivity contribution is 5.92. The third kappa shape index (κ3) is 3.67. The summed E-state index contributed by atoms with van der Waals surface area (Å²) in [5, 5.41) is 0. The third-order valence-corrected chi connectivity index (χ3v) is 2.63. The first kappa shape index (κ1) is 16.9. The first-order valence-corrected chi connectivity index (χ1v) is 5.55. The van der Waals surface area contributed by atoms with E-state index >= 15 is 0 Å². The van der Waals surface area contributed by atoms with Gasteiger partial charge in [0.15, 0.2) is 0 Å². The van der Waals surface area contributed by atoms with Crippen LogP contribution in [0, 0.1) is 0 Å². The monoisotopic (exact) mass is 310 g/mol. The molecule has 0 bridgehead atoms. The van der Waals surface area contributed by atoms with E-state index in [0.29, 0.717) is 0 Å². The van der Waals surface area contributed by atoms with E-state index in [-0.39, 0.29) is 16.0 Å². The molecule has 0 saturated carbocycles. The number of benzene rings is 1. The molecule has 0 fully saturated rings. The molecule has 0 unspecified atom stereocenters. The van der Waals surface area contributed by atoms with Crippen LogP contribution in [0.25, 0.3) is 0 Å². The van der Waals surface area contributed by atoms with Gasteiger partial charge in [-0.2, -0.15) is 22.0 Å². The standard InChI is InChI=1S/C12H11F5N2O2/c1-19(10(21)11(13,14)12(15,16)17)6-7-2-4-8(5-3-7)9(18)20/h2-5H,6H2,1H3,(H2,18,20). The highest BCUT2D eigenvalue weighted by atomic mass is 19.4. The zero-order valence-electron chi connectivity index (χ0n) is 10.7. The number of hydrogen-bond donors (Lipinski definition) is 1. The number of alkyl halides is 5. The Morgan fingerprint density at radius 3 is 1.95 bits per heavy atom. The number of rotatable bonds is 4. The number of primary amides is 1. The second-order valence-corrected chi connectivity index (χ2v) is 4.29. The van der Waals surface area contributed by atoms with Crippen molar-refractivity contribution >= 4 is 11.8 Å². The number of nitrogens with zero attached hydrogens (tertiary/aromatic N) is 1. The van der Waals surface area contributed by atoms with E-state index in [1.54, 1.807) is 0 Å². The minimum atomic E-state index is -5.95. The number of hydrogen-bond acceptors (Lipinski definition) is 2. The molecule has 0 atom stereocenters. The first-order valence-electron chi connectivity index (χ1n) is 5.55. The van der Waals surface area contributed by atoms with Gasteiger partial charge in [-0.25, -0.2) is 0 Å². The van der Waals surface area contributed by atoms with Gasteiger partial charge in [0.2, 0.25) is 5.91 Å². The van der Waals surface area contributed by atoms with Gasteiger partial charge in [-0.1, -0.05) is 12.1 Å². The molecule has 2 N–H and O–H groups in total. The van der Waals surface area contributed by atoms with Crippen LogP contribution in [-0.4, -0.2) is 35.9 Å². The molecule has 9 heteroatoms. The Labute approximate surface area is 116 Å². The Bertz CT molecular complexity index is 540. The maximum absolute atomic E-state index is 12.9. The fourth-order valence-corrected chi connectivity index (χ4v) is 1.48. The van der Waals surface area contributed by atoms with Gasteiger partial charge in [0.25, 0.3) is 0 Å². The van der Waals surface area contributed by atoms with Gasteiger partial charge in [0.1, 0.15) is 0 Å². The lowest BCUT2D eigenvalue weighted by Crippen LogP contribution is -2.50. The van der Waals surface area contributed by atoms with Crippen molar-refractivity contribution in [2.45, 2.75) is 18.6 Å². The summed E-state index contributed by atoms with van der Waals surface area (Å²) >= 11 is 0. The summed E-state index contributed by atoms with van der Waals surface area (Å²) in [5.74, 6) is -8.52. The number of carbonyl (C=O) groups excluding carboxylic acids is 2. The highest BCUT2D eigenvalue weighted by Crippen LogP contribution is 2.36. The maximum Gasteiger partial charge on any atom is 0.463 e. The van der Waals surface area contributed by atoms with Crippen LogP contribution in [0.3, 0.4) is 0 Å². The van der Waals surface area contributed by atoms with Crippen LogP contribution in [0.5, 0.6) is 0 Å². The maximum atomic E-state index is 12.9. The number of carbonyl (C=O) groups is 2. The molecular formula is C12H11F5N2O2. The zero-order chi connectivity index (χ0) is 16.4. The second-order valence-electron chi connectivity index (χ2n) is 4.29. The molecule has 0 saturated heterocycles. The smallest absolute Gasteiger partial charge is 0.366 e. The number of halogens is 5. The summed E-state index contributed by atoms with van der Waals surface area (Å²) in [6.45, 7) is -0.469. The molecule has 2 amide bonds. The van der Waals surface area contributed by atoms with E-state index in [2.05, 4.69) is 0 Å². The second kappa shape index (κ2) is 5.66. The summed E-state index contributed by atoms with van der Waals surface area (Å²) in [6, 6.07) is 5.15. The van der Waals surface area contributed by atoms with E-state index < -0.39 is 30.5 Å². The van der Waals surface area contributed by atoms with Crippen molar-refractivity contribution in [3.05, 3.63) is 35.4 Å². The summed E-state index contributed by atoms with van der Waals surface area (Å²) < 4.78 is 62.0. The first-order chi connectivity index (χ1) is 9.46. The highest BCUT2D eigenvalue weighted by Gasteiger charge is 2.64. The lowest BCUT2D eigenvalue weighted by atomic mass is 10.1. The molecule has 1 aromatic carbocycles. The molecule has 0 aliphatic carbocycles. The van der Waals surface area contributed by atoms with Crippen molar-refractivity contribution in [2.24, 2.45) is 5.73 Å². The van der Waals surface area contributed by atoms with E-state index in [1.807, 2.05) is 0 Å². The normalized spacial score (nSPS) is 12.1. The summed E-state index contributed by atoms with van der Waals surface area (Å²) in [6.07, 6.45) is -5.95. The Balaban J connectivity index is 2.84. The largest absolute Gasteiger partial charge is 0.463 e. The molecule has 1 rings (SSSR count). The van der Waals surface area contributed by atoms with Crippen LogP contribution in [0.2, 0.25) is 0 Å². The van der Waals surface area contributed by atoms with Crippen LogP contribution in [0.1, 0.15) is 15.9 Å². The lowest BCUT2D eigenvalue weighted by Gasteiger charge is -2.24. The number of amides is 2. The van der Waals surface area contributed by atoms with Crippen molar-refractivity contribution in [3.8, 4) is 0 Å². The predicted octanol–water partition coefficient (Wildman–Crippen LogP) is 1.94. The minimum Gasteiger partial charge on any atom is -0.366 e. The van der Waals surface area contributed by atoms with Gasteiger partial charge in [-0.3, -0.25) is 9.59 Å². The summed E-state index contributed by atoms with van der Waals surface area (Å²) in [7, 11) is 0.823. The van der Waals surface area contributed by atoms with Gasteiger partial charge < -0.3 is 10.6 Å². The van der Waals surface area contributed by atoms with Crippen LogP contribution >= 0.6 is 0 Å². The average molecular weight is 310 g/mol. The quantitative estimate of drug-likeness (QED) is 0.864. The van der Waals surface area contributed by atoms with Crippen molar-refractivity contribution in [2.75, 3.05) is 7.05 Å². The summed E-state index contributed by atoms with van der Waals surface area (Å²) in [5.41, 5.74) is 5.41. The predicted molar refractivity (Wildman–Crippen MR) is 62.4 cm³/mol. The Kier molecular flexibility index (Phi) is 4.55. The fourth-order valence-electron chi connectivity index (χ4n) is 1.48. The van der Waals surface area contributed by atoms with Crippen LogP contribution in [-0.2, 0) is 11.3 Å². The molecule has 1 aromatic rings. The topological polar surface area (TPSA) is 63.4 Å². The van der Waals surface area contributed by atoms with Crippen molar-refractivity contribution in [1.29, 1.82) is 0 Å². The van der Waals surface area contributed by atoms with Crippen LogP contribution in [0.4, 0.5) is 22.0 Å². The Hall–Kier alpha value is -2.19. The van der Waals surface area contributed by atoms with Crippen molar-refractivity contribution in [1.82, 2.24) is 4.90 Å². The van der Waals surface area contributed by atoms with E-state index in [9.17, 15) is 31.5 Å². The molecule has 116 valence electrons. The molecule has 0 aliphatic rings. The van der Waals surface area contributed by atoms with Crippen molar-refractivity contribution in [3.63, 3.8) is 0 Å². The Morgan fingerprint density at radius 2 is 1.57 bits per heavy atom. The van der Waals surface area contributed by atoms with Crippen molar-refractivity contribution < 1.29 is 31.5 Å². The molecule has 0 spiro atoms. The van der Waals surface area contributed by atoms with E-state index in [0.717, 1.165) is 7.05 Å². The molecule has 21 heavy (non-hydrogen) atoms. The van der Waals surface area contributed by atoms with E-state index in [1.165, 1.54) is 24.3 Å². The minimum absolute atomic E-state index is 0.147. The molecule has 0 heterocycles. The van der Waals surface area contributed by atoms with Gasteiger partial charge in [-0.15, -0.1) is 0 Å². The fraction of sp³-hybridized carbons (Fsp3) is 0.333. The molecule has 0 aromatic heterocycles.